The number of nitrogens with zero attached hydrogens (tertiary/aromatic N) is 1. The summed E-state index contributed by atoms with van der Waals surface area (Å²) in [4.78, 5) is 0. The first kappa shape index (κ1) is 11.7. The first-order chi connectivity index (χ1) is 8.06. The van der Waals surface area contributed by atoms with E-state index in [2.05, 4.69) is 14.9 Å². The summed E-state index contributed by atoms with van der Waals surface area (Å²) in [6.45, 7) is -2.90. The Labute approximate surface area is 100 Å². The van der Waals surface area contributed by atoms with Crippen LogP contribution in [-0.2, 0) is 0 Å². The number of nitrogens with two attached hydrogens (primary N) is 1. The van der Waals surface area contributed by atoms with E-state index in [0.29, 0.717) is 17.1 Å². The van der Waals surface area contributed by atoms with Crippen molar-refractivity contribution in [3.8, 4) is 17.0 Å². The predicted octanol–water partition coefficient (Wildman–Crippen LogP) is 2.91. The second-order valence-electron chi connectivity index (χ2n) is 3.23. The van der Waals surface area contributed by atoms with E-state index in [4.69, 9.17) is 17.3 Å². The Morgan fingerprint density at radius 3 is 2.65 bits per heavy atom. The van der Waals surface area contributed by atoms with Gasteiger partial charge in [-0.3, -0.25) is 5.10 Å². The number of alkyl halides is 2. The molecule has 17 heavy (non-hydrogen) atoms. The van der Waals surface area contributed by atoms with Gasteiger partial charge in [0.25, 0.3) is 0 Å². The highest BCUT2D eigenvalue weighted by molar-refractivity contribution is 6.32. The predicted molar refractivity (Wildman–Crippen MR) is 60.1 cm³/mol. The van der Waals surface area contributed by atoms with Crippen molar-refractivity contribution in [3.63, 3.8) is 0 Å². The van der Waals surface area contributed by atoms with Crippen molar-refractivity contribution in [1.82, 2.24) is 10.2 Å². The molecular weight excluding hydrogens is 252 g/mol. The van der Waals surface area contributed by atoms with Crippen molar-refractivity contribution in [2.45, 2.75) is 6.61 Å². The smallest absolute Gasteiger partial charge is 0.387 e. The molecule has 2 rings (SSSR count). The Morgan fingerprint density at radius 1 is 1.35 bits per heavy atom. The van der Waals surface area contributed by atoms with Crippen molar-refractivity contribution >= 4 is 17.4 Å². The van der Waals surface area contributed by atoms with E-state index < -0.39 is 6.61 Å². The van der Waals surface area contributed by atoms with Gasteiger partial charge >= 0.3 is 6.61 Å². The largest absolute Gasteiger partial charge is 0.433 e. The SMILES string of the molecule is Nc1cc(-c2ccc(OC(F)F)c(Cl)c2)[nH]n1. The van der Waals surface area contributed by atoms with Crippen molar-refractivity contribution in [2.24, 2.45) is 0 Å². The quantitative estimate of drug-likeness (QED) is 0.891. The van der Waals surface area contributed by atoms with Gasteiger partial charge in [-0.25, -0.2) is 0 Å². The van der Waals surface area contributed by atoms with Gasteiger partial charge in [0.05, 0.1) is 10.7 Å². The molecule has 0 fully saturated rings. The lowest BCUT2D eigenvalue weighted by Gasteiger charge is -2.07. The highest BCUT2D eigenvalue weighted by Gasteiger charge is 2.10. The molecule has 3 N–H and O–H groups in total. The van der Waals surface area contributed by atoms with Crippen LogP contribution in [0.25, 0.3) is 11.3 Å². The Kier molecular flexibility index (Phi) is 3.14. The highest BCUT2D eigenvalue weighted by Crippen LogP contribution is 2.30. The number of benzene rings is 1. The van der Waals surface area contributed by atoms with Crippen LogP contribution in [-0.4, -0.2) is 16.8 Å². The number of H-pyrrole nitrogens is 1. The van der Waals surface area contributed by atoms with E-state index in [1.165, 1.54) is 12.1 Å². The summed E-state index contributed by atoms with van der Waals surface area (Å²) in [5.74, 6) is 0.266. The summed E-state index contributed by atoms with van der Waals surface area (Å²) in [6.07, 6.45) is 0. The lowest BCUT2D eigenvalue weighted by Crippen LogP contribution is -2.02. The standard InChI is InChI=1S/C10H8ClF2N3O/c11-6-3-5(7-4-9(14)16-15-7)1-2-8(6)17-10(12)13/h1-4,10H,(H3,14,15,16). The molecule has 0 radical (unpaired) electrons. The highest BCUT2D eigenvalue weighted by atomic mass is 35.5. The first-order valence-electron chi connectivity index (χ1n) is 4.62. The van der Waals surface area contributed by atoms with Gasteiger partial charge in [-0.1, -0.05) is 11.6 Å². The number of rotatable bonds is 3. The molecule has 1 heterocycles. The van der Waals surface area contributed by atoms with Gasteiger partial charge in [0.15, 0.2) is 0 Å². The van der Waals surface area contributed by atoms with Crippen LogP contribution < -0.4 is 10.5 Å². The zero-order valence-electron chi connectivity index (χ0n) is 8.45. The maximum absolute atomic E-state index is 12.0. The van der Waals surface area contributed by atoms with E-state index >= 15 is 0 Å². The first-order valence-corrected chi connectivity index (χ1v) is 4.99. The molecule has 0 bridgehead atoms. The topological polar surface area (TPSA) is 63.9 Å². The third-order valence-corrected chi connectivity index (χ3v) is 2.35. The minimum Gasteiger partial charge on any atom is -0.433 e. The van der Waals surface area contributed by atoms with Crippen LogP contribution in [0.5, 0.6) is 5.75 Å². The maximum Gasteiger partial charge on any atom is 0.387 e. The van der Waals surface area contributed by atoms with Crippen molar-refractivity contribution in [3.05, 3.63) is 29.3 Å². The summed E-state index contributed by atoms with van der Waals surface area (Å²) in [6, 6.07) is 6.04. The fourth-order valence-electron chi connectivity index (χ4n) is 1.35. The van der Waals surface area contributed by atoms with Gasteiger partial charge in [-0.05, 0) is 18.2 Å². The summed E-state index contributed by atoms with van der Waals surface area (Å²) in [5, 5.41) is 6.53. The number of hydrogen-bond acceptors (Lipinski definition) is 3. The van der Waals surface area contributed by atoms with Gasteiger partial charge in [-0.2, -0.15) is 13.9 Å². The molecule has 0 spiro atoms. The molecule has 0 atom stereocenters. The van der Waals surface area contributed by atoms with E-state index in [9.17, 15) is 8.78 Å². The van der Waals surface area contributed by atoms with Crippen LogP contribution in [0.2, 0.25) is 5.02 Å². The maximum atomic E-state index is 12.0. The number of aromatic nitrogens is 2. The molecule has 4 nitrogen and oxygen atoms in total. The zero-order valence-corrected chi connectivity index (χ0v) is 9.21. The molecular formula is C10H8ClF2N3O. The number of aromatic amines is 1. The molecule has 0 aliphatic carbocycles. The number of nitrogen functional groups attached to an aromatic ring is 1. The molecule has 90 valence electrons. The Bertz CT molecular complexity index is 530. The lowest BCUT2D eigenvalue weighted by atomic mass is 10.1. The monoisotopic (exact) mass is 259 g/mol. The fraction of sp³-hybridized carbons (Fsp3) is 0.100. The second-order valence-corrected chi connectivity index (χ2v) is 3.64. The van der Waals surface area contributed by atoms with Gasteiger partial charge in [0.2, 0.25) is 0 Å². The van der Waals surface area contributed by atoms with Crippen LogP contribution in [0, 0.1) is 0 Å². The van der Waals surface area contributed by atoms with E-state index in [-0.39, 0.29) is 10.8 Å². The molecule has 0 saturated heterocycles. The molecule has 1 aromatic heterocycles. The molecule has 0 aliphatic rings. The van der Waals surface area contributed by atoms with Gasteiger partial charge in [0.1, 0.15) is 11.6 Å². The number of anilines is 1. The molecule has 1 aromatic carbocycles. The van der Waals surface area contributed by atoms with Crippen LogP contribution in [0.3, 0.4) is 0 Å². The summed E-state index contributed by atoms with van der Waals surface area (Å²) in [5.41, 5.74) is 6.78. The number of halogens is 3. The number of nitrogens with one attached hydrogen (secondary N) is 1. The molecule has 0 saturated carbocycles. The third-order valence-electron chi connectivity index (χ3n) is 2.06. The molecule has 0 amide bonds. The molecule has 0 unspecified atom stereocenters. The van der Waals surface area contributed by atoms with Gasteiger partial charge < -0.3 is 10.5 Å². The minimum atomic E-state index is -2.90. The molecule has 7 heteroatoms. The number of hydrogen-bond donors (Lipinski definition) is 2. The van der Waals surface area contributed by atoms with Gasteiger partial charge in [0, 0.05) is 11.6 Å². The van der Waals surface area contributed by atoms with Crippen LogP contribution in [0.4, 0.5) is 14.6 Å². The van der Waals surface area contributed by atoms with Crippen LogP contribution in [0.1, 0.15) is 0 Å². The average molecular weight is 260 g/mol. The normalized spacial score (nSPS) is 10.8. The Hall–Kier alpha value is -1.82. The van der Waals surface area contributed by atoms with Gasteiger partial charge in [-0.15, -0.1) is 0 Å². The molecule has 0 aliphatic heterocycles. The van der Waals surface area contributed by atoms with Crippen LogP contribution in [0.15, 0.2) is 24.3 Å². The van der Waals surface area contributed by atoms with Crippen molar-refractivity contribution < 1.29 is 13.5 Å². The molecule has 2 aromatic rings. The van der Waals surface area contributed by atoms with E-state index in [0.717, 1.165) is 0 Å². The Balaban J connectivity index is 2.30. The zero-order chi connectivity index (χ0) is 12.4. The van der Waals surface area contributed by atoms with Crippen molar-refractivity contribution in [1.29, 1.82) is 0 Å². The van der Waals surface area contributed by atoms with Crippen molar-refractivity contribution in [2.75, 3.05) is 5.73 Å². The van der Waals surface area contributed by atoms with E-state index in [1.807, 2.05) is 0 Å². The summed E-state index contributed by atoms with van der Waals surface area (Å²) in [7, 11) is 0. The Morgan fingerprint density at radius 2 is 2.12 bits per heavy atom. The van der Waals surface area contributed by atoms with Crippen LogP contribution >= 0.6 is 11.6 Å². The number of ether oxygens (including phenoxy) is 1. The fourth-order valence-corrected chi connectivity index (χ4v) is 1.57. The summed E-state index contributed by atoms with van der Waals surface area (Å²) < 4.78 is 28.3. The average Bonchev–Trinajstić information content (AvgIpc) is 2.67. The minimum absolute atomic E-state index is 0.0714. The lowest BCUT2D eigenvalue weighted by molar-refractivity contribution is -0.0497. The van der Waals surface area contributed by atoms with E-state index in [1.54, 1.807) is 12.1 Å². The second kappa shape index (κ2) is 4.58. The third kappa shape index (κ3) is 2.65. The summed E-state index contributed by atoms with van der Waals surface area (Å²) >= 11 is 5.81.